The molecule has 0 saturated heterocycles. The molecule has 0 unspecified atom stereocenters. The molecule has 2 aromatic heterocycles. The highest BCUT2D eigenvalue weighted by molar-refractivity contribution is 5.94. The van der Waals surface area contributed by atoms with Crippen LogP contribution in [0.3, 0.4) is 0 Å². The SMILES string of the molecule is C[CH]c1cc(OC)c(OCCCC(=O)NCCOCCn2cc(CCCCNC(=O)c3cccc(Oc4cc(CN)cc(C(F)(F)F)n4)c3)nn2)cc1[N+](=O)[O-]. The fraction of sp³-hybridized carbons (Fsp3) is 0.405. The van der Waals surface area contributed by atoms with Crippen LogP contribution in [0.1, 0.15) is 65.5 Å². The van der Waals surface area contributed by atoms with Crippen LogP contribution in [-0.2, 0) is 35.2 Å². The number of hydrogen-bond donors (Lipinski definition) is 3. The maximum atomic E-state index is 13.2. The normalized spacial score (nSPS) is 11.2. The number of aryl methyl sites for hydroxylation is 1. The maximum absolute atomic E-state index is 13.2. The number of ether oxygens (including phenoxy) is 4. The minimum Gasteiger partial charge on any atom is -0.493 e. The number of unbranched alkanes of at least 4 members (excludes halogenated alkanes) is 1. The van der Waals surface area contributed by atoms with E-state index in [0.29, 0.717) is 63.4 Å². The van der Waals surface area contributed by atoms with Crippen molar-refractivity contribution in [1.29, 1.82) is 0 Å². The van der Waals surface area contributed by atoms with E-state index in [1.807, 2.05) is 6.20 Å². The number of amides is 2. The van der Waals surface area contributed by atoms with E-state index in [1.165, 1.54) is 37.4 Å². The maximum Gasteiger partial charge on any atom is 0.433 e. The van der Waals surface area contributed by atoms with Gasteiger partial charge in [-0.3, -0.25) is 19.7 Å². The van der Waals surface area contributed by atoms with Gasteiger partial charge in [0, 0.05) is 49.4 Å². The number of nitrogens with zero attached hydrogens (tertiary/aromatic N) is 5. The average Bonchev–Trinajstić information content (AvgIpc) is 3.64. The van der Waals surface area contributed by atoms with Gasteiger partial charge in [-0.25, -0.2) is 9.67 Å². The van der Waals surface area contributed by atoms with Gasteiger partial charge in [-0.15, -0.1) is 5.10 Å². The summed E-state index contributed by atoms with van der Waals surface area (Å²) in [6, 6.07) is 11.1. The first kappa shape index (κ1) is 42.9. The Morgan fingerprint density at radius 1 is 1.02 bits per heavy atom. The first-order valence-electron chi connectivity index (χ1n) is 17.8. The molecule has 0 aliphatic carbocycles. The highest BCUT2D eigenvalue weighted by Crippen LogP contribution is 2.35. The first-order valence-corrected chi connectivity index (χ1v) is 17.8. The van der Waals surface area contributed by atoms with Gasteiger partial charge in [-0.1, -0.05) is 18.2 Å². The number of nitro groups is 1. The Morgan fingerprint density at radius 3 is 2.57 bits per heavy atom. The number of pyridine rings is 1. The number of hydrogen-bond acceptors (Lipinski definition) is 12. The van der Waals surface area contributed by atoms with Gasteiger partial charge in [-0.2, -0.15) is 13.2 Å². The molecule has 301 valence electrons. The summed E-state index contributed by atoms with van der Waals surface area (Å²) in [7, 11) is 1.45. The second kappa shape index (κ2) is 21.3. The largest absolute Gasteiger partial charge is 0.493 e. The third-order valence-electron chi connectivity index (χ3n) is 8.10. The molecular weight excluding hydrogens is 741 g/mol. The number of carbonyl (C=O) groups excluding carboxylic acids is 2. The van der Waals surface area contributed by atoms with E-state index in [-0.39, 0.29) is 65.6 Å². The smallest absolute Gasteiger partial charge is 0.433 e. The van der Waals surface area contributed by atoms with Crippen LogP contribution in [0, 0.1) is 16.5 Å². The summed E-state index contributed by atoms with van der Waals surface area (Å²) in [5, 5.41) is 25.2. The molecule has 4 N–H and O–H groups in total. The third-order valence-corrected chi connectivity index (χ3v) is 8.10. The molecule has 4 rings (SSSR count). The van der Waals surface area contributed by atoms with Gasteiger partial charge in [0.15, 0.2) is 11.5 Å². The van der Waals surface area contributed by atoms with Crippen LogP contribution in [0.15, 0.2) is 54.7 Å². The summed E-state index contributed by atoms with van der Waals surface area (Å²) in [6.07, 6.45) is 1.40. The summed E-state index contributed by atoms with van der Waals surface area (Å²) in [5.74, 6) is -0.0756. The predicted octanol–water partition coefficient (Wildman–Crippen LogP) is 5.18. The van der Waals surface area contributed by atoms with Crippen LogP contribution in [0.2, 0.25) is 0 Å². The van der Waals surface area contributed by atoms with Crippen molar-refractivity contribution in [1.82, 2.24) is 30.6 Å². The molecule has 0 spiro atoms. The van der Waals surface area contributed by atoms with Crippen molar-refractivity contribution in [2.45, 2.75) is 58.3 Å². The van der Waals surface area contributed by atoms with Gasteiger partial charge in [0.05, 0.1) is 50.2 Å². The van der Waals surface area contributed by atoms with Crippen molar-refractivity contribution >= 4 is 17.5 Å². The van der Waals surface area contributed by atoms with Gasteiger partial charge in [0.1, 0.15) is 11.4 Å². The van der Waals surface area contributed by atoms with E-state index < -0.39 is 16.8 Å². The Labute approximate surface area is 321 Å². The molecule has 16 nitrogen and oxygen atoms in total. The Bertz CT molecular complexity index is 1920. The van der Waals surface area contributed by atoms with E-state index in [2.05, 4.69) is 25.9 Å². The minimum atomic E-state index is -4.67. The molecule has 0 bridgehead atoms. The molecule has 4 aromatic rings. The quantitative estimate of drug-likeness (QED) is 0.0505. The number of aromatic nitrogens is 4. The first-order chi connectivity index (χ1) is 26.9. The van der Waals surface area contributed by atoms with Crippen molar-refractivity contribution in [3.8, 4) is 23.1 Å². The highest BCUT2D eigenvalue weighted by Gasteiger charge is 2.33. The summed E-state index contributed by atoms with van der Waals surface area (Å²) in [4.78, 5) is 39.3. The van der Waals surface area contributed by atoms with Gasteiger partial charge in [0.2, 0.25) is 11.8 Å². The fourth-order valence-electron chi connectivity index (χ4n) is 5.25. The van der Waals surface area contributed by atoms with Crippen molar-refractivity contribution in [3.63, 3.8) is 0 Å². The van der Waals surface area contributed by atoms with Crippen molar-refractivity contribution in [3.05, 3.63) is 99.3 Å². The summed E-state index contributed by atoms with van der Waals surface area (Å²) < 4.78 is 63.4. The second-order valence-corrected chi connectivity index (χ2v) is 12.2. The van der Waals surface area contributed by atoms with E-state index in [1.54, 1.807) is 30.2 Å². The van der Waals surface area contributed by atoms with Gasteiger partial charge in [-0.05, 0) is 68.0 Å². The van der Waals surface area contributed by atoms with E-state index in [0.717, 1.165) is 18.2 Å². The second-order valence-electron chi connectivity index (χ2n) is 12.2. The van der Waals surface area contributed by atoms with E-state index in [4.69, 9.17) is 24.7 Å². The van der Waals surface area contributed by atoms with Gasteiger partial charge >= 0.3 is 6.18 Å². The molecule has 19 heteroatoms. The number of benzene rings is 2. The molecule has 0 atom stereocenters. The van der Waals surface area contributed by atoms with Crippen LogP contribution >= 0.6 is 0 Å². The van der Waals surface area contributed by atoms with Crippen LogP contribution in [-0.4, -0.2) is 76.7 Å². The number of methoxy groups -OCH3 is 1. The summed E-state index contributed by atoms with van der Waals surface area (Å²) in [6.45, 7) is 3.57. The summed E-state index contributed by atoms with van der Waals surface area (Å²) >= 11 is 0. The Balaban J connectivity index is 1.06. The molecule has 1 radical (unpaired) electrons. The molecule has 2 aromatic carbocycles. The zero-order chi connectivity index (χ0) is 40.5. The third kappa shape index (κ3) is 13.5. The zero-order valence-electron chi connectivity index (χ0n) is 31.0. The number of nitrogens with one attached hydrogen (secondary N) is 2. The number of alkyl halides is 3. The lowest BCUT2D eigenvalue weighted by Gasteiger charge is -2.12. The number of halogens is 3. The van der Waals surface area contributed by atoms with Crippen LogP contribution in [0.5, 0.6) is 23.1 Å². The Kier molecular flexibility index (Phi) is 16.3. The molecular formula is C37H44F3N8O8. The molecule has 0 saturated carbocycles. The lowest BCUT2D eigenvalue weighted by Crippen LogP contribution is -2.27. The highest BCUT2D eigenvalue weighted by atomic mass is 19.4. The van der Waals surface area contributed by atoms with Crippen LogP contribution in [0.4, 0.5) is 18.9 Å². The zero-order valence-corrected chi connectivity index (χ0v) is 31.0. The van der Waals surface area contributed by atoms with Crippen LogP contribution in [0.25, 0.3) is 0 Å². The van der Waals surface area contributed by atoms with Gasteiger partial charge < -0.3 is 35.3 Å². The fourth-order valence-corrected chi connectivity index (χ4v) is 5.25. The van der Waals surface area contributed by atoms with Crippen molar-refractivity contribution in [2.24, 2.45) is 5.73 Å². The number of nitro benzene ring substituents is 1. The van der Waals surface area contributed by atoms with Gasteiger partial charge in [0.25, 0.3) is 11.6 Å². The summed E-state index contributed by atoms with van der Waals surface area (Å²) in [5.41, 5.74) is 5.99. The number of carbonyl (C=O) groups is 2. The average molecular weight is 786 g/mol. The minimum absolute atomic E-state index is 0.0955. The molecule has 0 aliphatic heterocycles. The lowest BCUT2D eigenvalue weighted by atomic mass is 10.1. The van der Waals surface area contributed by atoms with Crippen LogP contribution < -0.4 is 30.6 Å². The van der Waals surface area contributed by atoms with Crippen molar-refractivity contribution < 1.29 is 46.6 Å². The predicted molar refractivity (Wildman–Crippen MR) is 196 cm³/mol. The molecule has 2 amide bonds. The Hall–Kier alpha value is -5.82. The molecule has 0 aliphatic rings. The van der Waals surface area contributed by atoms with Crippen molar-refractivity contribution in [2.75, 3.05) is 40.0 Å². The van der Waals surface area contributed by atoms with E-state index in [9.17, 15) is 32.9 Å². The lowest BCUT2D eigenvalue weighted by molar-refractivity contribution is -0.385. The number of rotatable bonds is 23. The standard InChI is InChI=1S/C37H44F3N8O8/c1-3-26-21-31(53-2)32(22-30(26)48(51)52)55-15-7-11-34(49)42-13-16-54-17-14-47-24-28(45-46-47)9-4-5-12-43-36(50)27-8-6-10-29(20-27)56-35-19-25(23-41)18-33(44-35)37(38,39)40/h3,6,8,10,18-22,24H,4-5,7,9,11-17,23,41H2,1-2H3,(H,42,49)(H,43,50). The molecule has 2 heterocycles. The molecule has 56 heavy (non-hydrogen) atoms. The topological polar surface area (TPSA) is 208 Å². The van der Waals surface area contributed by atoms with E-state index >= 15 is 0 Å². The Morgan fingerprint density at radius 2 is 1.84 bits per heavy atom. The molecule has 0 fully saturated rings. The monoisotopic (exact) mass is 785 g/mol. The number of nitrogens with two attached hydrogens (primary N) is 1.